The van der Waals surface area contributed by atoms with E-state index in [0.29, 0.717) is 12.3 Å². The van der Waals surface area contributed by atoms with Crippen LogP contribution in [0.4, 0.5) is 4.39 Å². The second-order valence-corrected chi connectivity index (χ2v) is 6.90. The van der Waals surface area contributed by atoms with Crippen LogP contribution in [0.3, 0.4) is 0 Å². The Kier molecular flexibility index (Phi) is 5.66. The van der Waals surface area contributed by atoms with Gasteiger partial charge in [0.15, 0.2) is 0 Å². The van der Waals surface area contributed by atoms with Crippen LogP contribution in [-0.2, 0) is 10.0 Å². The quantitative estimate of drug-likeness (QED) is 0.878. The monoisotopic (exact) mass is 298 g/mol. The summed E-state index contributed by atoms with van der Waals surface area (Å²) in [5.41, 5.74) is -0.448. The van der Waals surface area contributed by atoms with Gasteiger partial charge < -0.3 is 0 Å². The SMILES string of the molecule is CC(C)CCC(C)NS(=O)(=O)c1cccc(F)c1C#N. The average Bonchev–Trinajstić information content (AvgIpc) is 2.35. The van der Waals surface area contributed by atoms with Crippen molar-refractivity contribution in [3.05, 3.63) is 29.6 Å². The molecule has 0 aliphatic heterocycles. The molecule has 0 spiro atoms. The Labute approximate surface area is 119 Å². The summed E-state index contributed by atoms with van der Waals surface area (Å²) >= 11 is 0. The van der Waals surface area contributed by atoms with Crippen LogP contribution in [0.1, 0.15) is 39.2 Å². The zero-order chi connectivity index (χ0) is 15.3. The molecule has 0 heterocycles. The van der Waals surface area contributed by atoms with Gasteiger partial charge in [0.2, 0.25) is 10.0 Å². The summed E-state index contributed by atoms with van der Waals surface area (Å²) in [6, 6.07) is 4.92. The Morgan fingerprint density at radius 2 is 1.95 bits per heavy atom. The predicted molar refractivity (Wildman–Crippen MR) is 75.0 cm³/mol. The molecule has 1 aromatic rings. The van der Waals surface area contributed by atoms with Crippen molar-refractivity contribution in [1.82, 2.24) is 4.72 Å². The summed E-state index contributed by atoms with van der Waals surface area (Å²) in [5.74, 6) is -0.351. The number of halogens is 1. The summed E-state index contributed by atoms with van der Waals surface area (Å²) in [6.45, 7) is 5.87. The number of nitrogens with one attached hydrogen (secondary N) is 1. The van der Waals surface area contributed by atoms with Gasteiger partial charge in [0.25, 0.3) is 0 Å². The molecule has 1 aromatic carbocycles. The molecule has 4 nitrogen and oxygen atoms in total. The van der Waals surface area contributed by atoms with Crippen LogP contribution in [0.5, 0.6) is 0 Å². The van der Waals surface area contributed by atoms with Crippen LogP contribution in [0, 0.1) is 23.1 Å². The predicted octanol–water partition coefficient (Wildman–Crippen LogP) is 2.80. The van der Waals surface area contributed by atoms with E-state index in [4.69, 9.17) is 5.26 Å². The van der Waals surface area contributed by atoms with Gasteiger partial charge in [0, 0.05) is 6.04 Å². The van der Waals surface area contributed by atoms with E-state index in [1.807, 2.05) is 0 Å². The molecule has 110 valence electrons. The fourth-order valence-electron chi connectivity index (χ4n) is 1.81. The molecule has 0 aromatic heterocycles. The maximum atomic E-state index is 13.5. The van der Waals surface area contributed by atoms with E-state index < -0.39 is 21.4 Å². The molecular weight excluding hydrogens is 279 g/mol. The summed E-state index contributed by atoms with van der Waals surface area (Å²) in [4.78, 5) is -0.309. The third kappa shape index (κ3) is 4.29. The maximum absolute atomic E-state index is 13.5. The molecule has 1 atom stereocenters. The lowest BCUT2D eigenvalue weighted by atomic mass is 10.1. The first kappa shape index (κ1) is 16.6. The van der Waals surface area contributed by atoms with Crippen LogP contribution < -0.4 is 4.72 Å². The molecule has 20 heavy (non-hydrogen) atoms. The van der Waals surface area contributed by atoms with E-state index in [0.717, 1.165) is 12.5 Å². The van der Waals surface area contributed by atoms with E-state index in [-0.39, 0.29) is 10.9 Å². The van der Waals surface area contributed by atoms with Crippen molar-refractivity contribution in [1.29, 1.82) is 5.26 Å². The lowest BCUT2D eigenvalue weighted by molar-refractivity contribution is 0.485. The van der Waals surface area contributed by atoms with E-state index in [9.17, 15) is 12.8 Å². The largest absolute Gasteiger partial charge is 0.242 e. The van der Waals surface area contributed by atoms with Crippen molar-refractivity contribution in [3.8, 4) is 6.07 Å². The first-order valence-corrected chi connectivity index (χ1v) is 7.97. The van der Waals surface area contributed by atoms with Crippen molar-refractivity contribution in [2.75, 3.05) is 0 Å². The molecule has 1 N–H and O–H groups in total. The van der Waals surface area contributed by atoms with Gasteiger partial charge in [-0.25, -0.2) is 17.5 Å². The van der Waals surface area contributed by atoms with Crippen molar-refractivity contribution in [2.45, 2.75) is 44.6 Å². The number of hydrogen-bond donors (Lipinski definition) is 1. The Bertz CT molecular complexity index is 606. The molecule has 0 bridgehead atoms. The smallest absolute Gasteiger partial charge is 0.208 e. The number of hydrogen-bond acceptors (Lipinski definition) is 3. The molecular formula is C14H19FN2O2S. The van der Waals surface area contributed by atoms with E-state index in [2.05, 4.69) is 18.6 Å². The van der Waals surface area contributed by atoms with Gasteiger partial charge in [-0.1, -0.05) is 19.9 Å². The highest BCUT2D eigenvalue weighted by atomic mass is 32.2. The Balaban J connectivity index is 2.96. The maximum Gasteiger partial charge on any atom is 0.242 e. The van der Waals surface area contributed by atoms with Crippen LogP contribution >= 0.6 is 0 Å². The average molecular weight is 298 g/mol. The highest BCUT2D eigenvalue weighted by molar-refractivity contribution is 7.89. The Morgan fingerprint density at radius 3 is 2.50 bits per heavy atom. The van der Waals surface area contributed by atoms with Crippen molar-refractivity contribution >= 4 is 10.0 Å². The van der Waals surface area contributed by atoms with Gasteiger partial charge in [-0.15, -0.1) is 0 Å². The number of nitrogens with zero attached hydrogens (tertiary/aromatic N) is 1. The van der Waals surface area contributed by atoms with Crippen LogP contribution in [0.15, 0.2) is 23.1 Å². The van der Waals surface area contributed by atoms with E-state index in [1.165, 1.54) is 12.1 Å². The molecule has 1 unspecified atom stereocenters. The minimum atomic E-state index is -3.89. The third-order valence-electron chi connectivity index (χ3n) is 2.91. The van der Waals surface area contributed by atoms with E-state index >= 15 is 0 Å². The van der Waals surface area contributed by atoms with Crippen LogP contribution in [0.25, 0.3) is 0 Å². The zero-order valence-corrected chi connectivity index (χ0v) is 12.7. The minimum absolute atomic E-state index is 0.266. The summed E-state index contributed by atoms with van der Waals surface area (Å²) in [5, 5.41) is 8.89. The Morgan fingerprint density at radius 1 is 1.30 bits per heavy atom. The molecule has 0 aliphatic carbocycles. The highest BCUT2D eigenvalue weighted by Crippen LogP contribution is 2.19. The van der Waals surface area contributed by atoms with E-state index in [1.54, 1.807) is 13.0 Å². The first-order valence-electron chi connectivity index (χ1n) is 6.49. The van der Waals surface area contributed by atoms with Gasteiger partial charge in [-0.05, 0) is 37.8 Å². The first-order chi connectivity index (χ1) is 9.27. The number of sulfonamides is 1. The van der Waals surface area contributed by atoms with Crippen molar-refractivity contribution in [3.63, 3.8) is 0 Å². The Hall–Kier alpha value is -1.45. The topological polar surface area (TPSA) is 70.0 Å². The molecule has 0 amide bonds. The molecule has 0 aliphatic rings. The molecule has 1 rings (SSSR count). The molecule has 0 saturated carbocycles. The second kappa shape index (κ2) is 6.82. The highest BCUT2D eigenvalue weighted by Gasteiger charge is 2.22. The lowest BCUT2D eigenvalue weighted by Crippen LogP contribution is -2.33. The van der Waals surface area contributed by atoms with Gasteiger partial charge in [-0.2, -0.15) is 5.26 Å². The fourth-order valence-corrected chi connectivity index (χ4v) is 3.25. The second-order valence-electron chi connectivity index (χ2n) is 5.22. The summed E-state index contributed by atoms with van der Waals surface area (Å²) < 4.78 is 40.3. The number of nitriles is 1. The van der Waals surface area contributed by atoms with Crippen LogP contribution in [-0.4, -0.2) is 14.5 Å². The molecule has 6 heteroatoms. The summed E-state index contributed by atoms with van der Waals surface area (Å²) in [7, 11) is -3.89. The van der Waals surface area contributed by atoms with Gasteiger partial charge in [0.05, 0.1) is 0 Å². The minimum Gasteiger partial charge on any atom is -0.208 e. The molecule has 0 saturated heterocycles. The van der Waals surface area contributed by atoms with Gasteiger partial charge in [0.1, 0.15) is 22.3 Å². The van der Waals surface area contributed by atoms with Gasteiger partial charge >= 0.3 is 0 Å². The third-order valence-corrected chi connectivity index (χ3v) is 4.54. The van der Waals surface area contributed by atoms with Crippen molar-refractivity contribution in [2.24, 2.45) is 5.92 Å². The standard InChI is InChI=1S/C14H19FN2O2S/c1-10(2)7-8-11(3)17-20(18,19)14-6-4-5-13(15)12(14)9-16/h4-6,10-11,17H,7-8H2,1-3H3. The van der Waals surface area contributed by atoms with Gasteiger partial charge in [-0.3, -0.25) is 0 Å². The lowest BCUT2D eigenvalue weighted by Gasteiger charge is -2.16. The zero-order valence-electron chi connectivity index (χ0n) is 11.9. The molecule has 0 fully saturated rings. The van der Waals surface area contributed by atoms with Crippen molar-refractivity contribution < 1.29 is 12.8 Å². The summed E-state index contributed by atoms with van der Waals surface area (Å²) in [6.07, 6.45) is 1.58. The number of benzene rings is 1. The number of rotatable bonds is 6. The molecule has 0 radical (unpaired) electrons. The van der Waals surface area contributed by atoms with Crippen LogP contribution in [0.2, 0.25) is 0 Å². The normalized spacial score (nSPS) is 13.2. The fraction of sp³-hybridized carbons (Fsp3) is 0.500.